The first kappa shape index (κ1) is 14.0. The number of nitrogens with zero attached hydrogens (tertiary/aromatic N) is 3. The van der Waals surface area contributed by atoms with Crippen LogP contribution in [0.25, 0.3) is 0 Å². The molecule has 1 amide bonds. The van der Waals surface area contributed by atoms with Crippen LogP contribution < -0.4 is 0 Å². The highest BCUT2D eigenvalue weighted by molar-refractivity contribution is 5.95. The number of carbonyl (C=O) groups is 2. The topological polar surface area (TPSA) is 83.4 Å². The second kappa shape index (κ2) is 5.42. The van der Waals surface area contributed by atoms with Crippen LogP contribution in [0.1, 0.15) is 48.3 Å². The molecule has 1 aliphatic heterocycles. The Morgan fingerprint density at radius 3 is 2.67 bits per heavy atom. The molecule has 112 valence electrons. The molecule has 1 saturated carbocycles. The lowest BCUT2D eigenvalue weighted by molar-refractivity contribution is -0.141. The number of hydrogen-bond acceptors (Lipinski definition) is 4. The highest BCUT2D eigenvalue weighted by Crippen LogP contribution is 2.40. The van der Waals surface area contributed by atoms with E-state index in [-0.39, 0.29) is 17.6 Å². The van der Waals surface area contributed by atoms with Crippen LogP contribution in [0.5, 0.6) is 0 Å². The van der Waals surface area contributed by atoms with E-state index in [9.17, 15) is 14.7 Å². The number of hydrogen-bond donors (Lipinski definition) is 1. The van der Waals surface area contributed by atoms with E-state index in [4.69, 9.17) is 0 Å². The number of aromatic nitrogens is 2. The molecule has 1 saturated heterocycles. The molecule has 6 nitrogen and oxygen atoms in total. The Hall–Kier alpha value is -1.98. The lowest BCUT2D eigenvalue weighted by Crippen LogP contribution is -2.46. The third-order valence-electron chi connectivity index (χ3n) is 4.61. The van der Waals surface area contributed by atoms with Crippen molar-refractivity contribution < 1.29 is 14.7 Å². The second-order valence-corrected chi connectivity index (χ2v) is 5.96. The summed E-state index contributed by atoms with van der Waals surface area (Å²) in [6.07, 6.45) is 7.61. The molecule has 1 aromatic heterocycles. The smallest absolute Gasteiger partial charge is 0.326 e. The number of carbonyl (C=O) groups excluding carboxylic acids is 1. The van der Waals surface area contributed by atoms with Gasteiger partial charge in [-0.15, -0.1) is 0 Å². The minimum atomic E-state index is -0.919. The normalized spacial score (nSPS) is 28.2. The van der Waals surface area contributed by atoms with Crippen molar-refractivity contribution in [1.82, 2.24) is 14.9 Å². The van der Waals surface area contributed by atoms with Crippen LogP contribution >= 0.6 is 0 Å². The quantitative estimate of drug-likeness (QED) is 0.895. The van der Waals surface area contributed by atoms with E-state index in [1.807, 2.05) is 0 Å². The van der Waals surface area contributed by atoms with E-state index in [0.717, 1.165) is 31.4 Å². The van der Waals surface area contributed by atoms with Crippen molar-refractivity contribution in [1.29, 1.82) is 0 Å². The zero-order valence-corrected chi connectivity index (χ0v) is 12.0. The molecule has 0 spiro atoms. The number of carboxylic acid groups (broad SMARTS) is 1. The predicted molar refractivity (Wildman–Crippen MR) is 74.7 cm³/mol. The van der Waals surface area contributed by atoms with Crippen LogP contribution in [0, 0.1) is 12.8 Å². The van der Waals surface area contributed by atoms with Crippen LogP contribution in [0.2, 0.25) is 0 Å². The summed E-state index contributed by atoms with van der Waals surface area (Å²) in [5.74, 6) is -0.913. The Kier molecular flexibility index (Phi) is 3.61. The third-order valence-corrected chi connectivity index (χ3v) is 4.61. The van der Waals surface area contributed by atoms with Crippen molar-refractivity contribution >= 4 is 11.9 Å². The fourth-order valence-electron chi connectivity index (χ4n) is 3.61. The number of fused-ring (bicyclic) bond motifs is 1. The molecule has 2 fully saturated rings. The maximum atomic E-state index is 12.7. The van der Waals surface area contributed by atoms with Crippen molar-refractivity contribution in [2.24, 2.45) is 5.92 Å². The standard InChI is InChI=1S/C15H19N3O3/c1-9-7-17-11(8-16-9)14(19)18-12-5-3-2-4-10(12)6-13(18)15(20)21/h7-8,10,12-13H,2-6H2,1H3,(H,20,21)/t10-,12+,13-/m0/s1. The van der Waals surface area contributed by atoms with Gasteiger partial charge in [-0.05, 0) is 32.1 Å². The van der Waals surface area contributed by atoms with Crippen molar-refractivity contribution in [3.8, 4) is 0 Å². The fourth-order valence-corrected chi connectivity index (χ4v) is 3.61. The average molecular weight is 289 g/mol. The molecule has 6 heteroatoms. The lowest BCUT2D eigenvalue weighted by Gasteiger charge is -2.32. The first-order valence-corrected chi connectivity index (χ1v) is 7.42. The van der Waals surface area contributed by atoms with Crippen LogP contribution in [-0.4, -0.2) is 43.9 Å². The number of amides is 1. The molecular formula is C15H19N3O3. The molecule has 2 heterocycles. The lowest BCUT2D eigenvalue weighted by atomic mass is 9.84. The van der Waals surface area contributed by atoms with Gasteiger partial charge < -0.3 is 10.0 Å². The van der Waals surface area contributed by atoms with Gasteiger partial charge >= 0.3 is 5.97 Å². The summed E-state index contributed by atoms with van der Waals surface area (Å²) in [5.41, 5.74) is 0.969. The SMILES string of the molecule is Cc1cnc(C(=O)N2[C@@H]3CCCC[C@H]3C[C@H]2C(=O)O)cn1. The van der Waals surface area contributed by atoms with Gasteiger partial charge in [-0.3, -0.25) is 9.78 Å². The summed E-state index contributed by atoms with van der Waals surface area (Å²) in [5, 5.41) is 9.44. The summed E-state index contributed by atoms with van der Waals surface area (Å²) >= 11 is 0. The number of rotatable bonds is 2. The van der Waals surface area contributed by atoms with Gasteiger partial charge in [0.05, 0.1) is 11.9 Å². The minimum Gasteiger partial charge on any atom is -0.480 e. The van der Waals surface area contributed by atoms with Crippen LogP contribution in [0.3, 0.4) is 0 Å². The van der Waals surface area contributed by atoms with Crippen LogP contribution in [0.4, 0.5) is 0 Å². The molecule has 0 radical (unpaired) electrons. The van der Waals surface area contributed by atoms with Crippen molar-refractivity contribution in [2.45, 2.75) is 51.1 Å². The monoisotopic (exact) mass is 289 g/mol. The Morgan fingerprint density at radius 1 is 1.24 bits per heavy atom. The molecule has 21 heavy (non-hydrogen) atoms. The molecule has 3 rings (SSSR count). The van der Waals surface area contributed by atoms with E-state index in [1.54, 1.807) is 11.8 Å². The highest BCUT2D eigenvalue weighted by Gasteiger charge is 2.47. The Bertz CT molecular complexity index is 558. The van der Waals surface area contributed by atoms with Crippen LogP contribution in [0.15, 0.2) is 12.4 Å². The third kappa shape index (κ3) is 2.50. The zero-order valence-electron chi connectivity index (χ0n) is 12.0. The van der Waals surface area contributed by atoms with E-state index in [1.165, 1.54) is 12.4 Å². The van der Waals surface area contributed by atoms with Crippen LogP contribution in [-0.2, 0) is 4.79 Å². The molecule has 1 aromatic rings. The number of carboxylic acids is 1. The van der Waals surface area contributed by atoms with E-state index in [2.05, 4.69) is 9.97 Å². The summed E-state index contributed by atoms with van der Waals surface area (Å²) in [7, 11) is 0. The molecule has 1 N–H and O–H groups in total. The van der Waals surface area contributed by atoms with Gasteiger partial charge in [-0.2, -0.15) is 0 Å². The first-order valence-electron chi connectivity index (χ1n) is 7.42. The molecule has 0 unspecified atom stereocenters. The maximum absolute atomic E-state index is 12.7. The molecule has 0 bridgehead atoms. The highest BCUT2D eigenvalue weighted by atomic mass is 16.4. The van der Waals surface area contributed by atoms with Gasteiger partial charge in [-0.1, -0.05) is 12.8 Å². The Balaban J connectivity index is 1.90. The molecule has 3 atom stereocenters. The summed E-state index contributed by atoms with van der Waals surface area (Å²) in [6.45, 7) is 1.80. The molecule has 0 aromatic carbocycles. The second-order valence-electron chi connectivity index (χ2n) is 5.96. The number of aliphatic carboxylic acids is 1. The predicted octanol–water partition coefficient (Wildman–Crippen LogP) is 1.64. The van der Waals surface area contributed by atoms with Gasteiger partial charge in [0, 0.05) is 12.2 Å². The van der Waals surface area contributed by atoms with E-state index >= 15 is 0 Å². The Labute approximate surface area is 123 Å². The van der Waals surface area contributed by atoms with Gasteiger partial charge in [0.25, 0.3) is 5.91 Å². The van der Waals surface area contributed by atoms with Crippen molar-refractivity contribution in [2.75, 3.05) is 0 Å². The van der Waals surface area contributed by atoms with Gasteiger partial charge in [-0.25, -0.2) is 9.78 Å². The average Bonchev–Trinajstić information content (AvgIpc) is 2.87. The number of likely N-dealkylation sites (tertiary alicyclic amines) is 1. The largest absolute Gasteiger partial charge is 0.480 e. The first-order chi connectivity index (χ1) is 10.1. The van der Waals surface area contributed by atoms with E-state index in [0.29, 0.717) is 12.3 Å². The fraction of sp³-hybridized carbons (Fsp3) is 0.600. The van der Waals surface area contributed by atoms with Gasteiger partial charge in [0.2, 0.25) is 0 Å². The minimum absolute atomic E-state index is 0.0375. The van der Waals surface area contributed by atoms with Gasteiger partial charge in [0.15, 0.2) is 0 Å². The molecule has 1 aliphatic carbocycles. The van der Waals surface area contributed by atoms with E-state index < -0.39 is 12.0 Å². The number of aryl methyl sites for hydroxylation is 1. The Morgan fingerprint density at radius 2 is 2.00 bits per heavy atom. The van der Waals surface area contributed by atoms with Crippen molar-refractivity contribution in [3.05, 3.63) is 23.8 Å². The molecule has 2 aliphatic rings. The summed E-state index contributed by atoms with van der Waals surface area (Å²) in [6, 6.07) is -0.691. The maximum Gasteiger partial charge on any atom is 0.326 e. The summed E-state index contributed by atoms with van der Waals surface area (Å²) < 4.78 is 0. The molecular weight excluding hydrogens is 270 g/mol. The zero-order chi connectivity index (χ0) is 15.0. The van der Waals surface area contributed by atoms with Crippen molar-refractivity contribution in [3.63, 3.8) is 0 Å². The van der Waals surface area contributed by atoms with Gasteiger partial charge in [0.1, 0.15) is 11.7 Å². The summed E-state index contributed by atoms with van der Waals surface area (Å²) in [4.78, 5) is 33.9.